The lowest BCUT2D eigenvalue weighted by molar-refractivity contribution is 0.425. The summed E-state index contributed by atoms with van der Waals surface area (Å²) >= 11 is 1.67. The van der Waals surface area contributed by atoms with Crippen LogP contribution in [-0.4, -0.2) is 21.1 Å². The molecule has 4 nitrogen and oxygen atoms in total. The molecule has 17 heavy (non-hydrogen) atoms. The van der Waals surface area contributed by atoms with Gasteiger partial charge >= 0.3 is 0 Å². The molecule has 0 aromatic carbocycles. The molecular weight excluding hydrogens is 232 g/mol. The van der Waals surface area contributed by atoms with Gasteiger partial charge < -0.3 is 5.73 Å². The van der Waals surface area contributed by atoms with Crippen LogP contribution in [-0.2, 0) is 6.42 Å². The molecule has 92 valence electrons. The van der Waals surface area contributed by atoms with Gasteiger partial charge in [0.15, 0.2) is 0 Å². The smallest absolute Gasteiger partial charge is 0.216 e. The zero-order chi connectivity index (χ0) is 11.7. The highest BCUT2D eigenvalue weighted by Gasteiger charge is 2.22. The number of aromatic nitrogens is 3. The van der Waals surface area contributed by atoms with E-state index in [0.29, 0.717) is 12.5 Å². The molecule has 2 aromatic heterocycles. The van der Waals surface area contributed by atoms with Crippen molar-refractivity contribution in [3.8, 4) is 0 Å². The predicted molar refractivity (Wildman–Crippen MR) is 69.4 cm³/mol. The third-order valence-corrected chi connectivity index (χ3v) is 4.48. The highest BCUT2D eigenvalue weighted by Crippen LogP contribution is 2.33. The molecule has 1 saturated carbocycles. The predicted octanol–water partition coefficient (Wildman–Crippen LogP) is 2.34. The van der Waals surface area contributed by atoms with Gasteiger partial charge in [0.1, 0.15) is 5.82 Å². The van der Waals surface area contributed by atoms with Crippen molar-refractivity contribution in [2.75, 3.05) is 6.54 Å². The van der Waals surface area contributed by atoms with E-state index in [0.717, 1.165) is 11.4 Å². The fourth-order valence-electron chi connectivity index (χ4n) is 2.74. The lowest BCUT2D eigenvalue weighted by Gasteiger charge is -2.19. The maximum absolute atomic E-state index is 5.66. The molecule has 0 radical (unpaired) electrons. The summed E-state index contributed by atoms with van der Waals surface area (Å²) in [5.41, 5.74) is 6.93. The van der Waals surface area contributed by atoms with Crippen molar-refractivity contribution >= 4 is 16.3 Å². The summed E-state index contributed by atoms with van der Waals surface area (Å²) in [6.07, 6.45) is 7.47. The Hall–Kier alpha value is -0.940. The summed E-state index contributed by atoms with van der Waals surface area (Å²) in [6, 6.07) is 0. The lowest BCUT2D eigenvalue weighted by atomic mass is 9.89. The van der Waals surface area contributed by atoms with Gasteiger partial charge in [0.25, 0.3) is 0 Å². The molecule has 1 fully saturated rings. The molecule has 1 aliphatic carbocycles. The molecule has 0 atom stereocenters. The Balaban J connectivity index is 1.99. The molecule has 0 saturated heterocycles. The van der Waals surface area contributed by atoms with Crippen LogP contribution in [0.3, 0.4) is 0 Å². The Kier molecular flexibility index (Phi) is 3.11. The number of thiazole rings is 1. The molecular formula is C12H18N4S. The average molecular weight is 250 g/mol. The number of rotatable bonds is 3. The van der Waals surface area contributed by atoms with Crippen LogP contribution < -0.4 is 5.73 Å². The van der Waals surface area contributed by atoms with E-state index in [1.165, 1.54) is 43.6 Å². The Bertz CT molecular complexity index is 496. The molecule has 0 aliphatic heterocycles. The van der Waals surface area contributed by atoms with Crippen LogP contribution in [0.15, 0.2) is 5.38 Å². The maximum atomic E-state index is 5.66. The fraction of sp³-hybridized carbons (Fsp3) is 0.667. The van der Waals surface area contributed by atoms with Crippen molar-refractivity contribution < 1.29 is 0 Å². The topological polar surface area (TPSA) is 56.2 Å². The quantitative estimate of drug-likeness (QED) is 0.909. The van der Waals surface area contributed by atoms with Crippen molar-refractivity contribution in [3.63, 3.8) is 0 Å². The summed E-state index contributed by atoms with van der Waals surface area (Å²) in [7, 11) is 0. The van der Waals surface area contributed by atoms with Crippen LogP contribution in [0.1, 0.15) is 49.5 Å². The van der Waals surface area contributed by atoms with Crippen LogP contribution in [0.25, 0.3) is 4.96 Å². The molecule has 1 aliphatic rings. The van der Waals surface area contributed by atoms with Gasteiger partial charge in [-0.15, -0.1) is 21.5 Å². The molecule has 0 amide bonds. The number of nitrogens with two attached hydrogens (primary N) is 1. The fourth-order valence-corrected chi connectivity index (χ4v) is 3.61. The average Bonchev–Trinajstić information content (AvgIpc) is 2.94. The Labute approximate surface area is 105 Å². The van der Waals surface area contributed by atoms with E-state index in [-0.39, 0.29) is 0 Å². The van der Waals surface area contributed by atoms with Crippen molar-refractivity contribution in [2.45, 2.75) is 44.4 Å². The Morgan fingerprint density at radius 3 is 2.88 bits per heavy atom. The van der Waals surface area contributed by atoms with E-state index < -0.39 is 0 Å². The van der Waals surface area contributed by atoms with Gasteiger partial charge in [0, 0.05) is 23.4 Å². The van der Waals surface area contributed by atoms with Gasteiger partial charge in [-0.1, -0.05) is 19.3 Å². The first-order chi connectivity index (χ1) is 8.40. The first kappa shape index (κ1) is 11.2. The first-order valence-electron chi connectivity index (χ1n) is 6.41. The van der Waals surface area contributed by atoms with E-state index in [1.807, 2.05) is 0 Å². The van der Waals surface area contributed by atoms with Gasteiger partial charge in [-0.2, -0.15) is 0 Å². The van der Waals surface area contributed by atoms with E-state index >= 15 is 0 Å². The van der Waals surface area contributed by atoms with Crippen LogP contribution >= 0.6 is 11.3 Å². The Morgan fingerprint density at radius 1 is 1.29 bits per heavy atom. The zero-order valence-corrected chi connectivity index (χ0v) is 10.7. The molecule has 5 heteroatoms. The van der Waals surface area contributed by atoms with E-state index in [4.69, 9.17) is 5.73 Å². The summed E-state index contributed by atoms with van der Waals surface area (Å²) in [4.78, 5) is 1.02. The van der Waals surface area contributed by atoms with Crippen molar-refractivity contribution in [1.29, 1.82) is 0 Å². The van der Waals surface area contributed by atoms with E-state index in [2.05, 4.69) is 20.0 Å². The molecule has 0 unspecified atom stereocenters. The number of hydrogen-bond donors (Lipinski definition) is 1. The second kappa shape index (κ2) is 4.74. The SMILES string of the molecule is NCCc1csc2nnc(C3CCCCC3)n12. The zero-order valence-electron chi connectivity index (χ0n) is 9.93. The Morgan fingerprint density at radius 2 is 2.12 bits per heavy atom. The second-order valence-corrected chi connectivity index (χ2v) is 5.61. The van der Waals surface area contributed by atoms with Gasteiger partial charge in [0.2, 0.25) is 4.96 Å². The minimum atomic E-state index is 0.602. The van der Waals surface area contributed by atoms with Crippen LogP contribution in [0.2, 0.25) is 0 Å². The normalized spacial score (nSPS) is 17.9. The molecule has 2 N–H and O–H groups in total. The van der Waals surface area contributed by atoms with Crippen molar-refractivity contribution in [3.05, 3.63) is 16.9 Å². The van der Waals surface area contributed by atoms with Crippen LogP contribution in [0.5, 0.6) is 0 Å². The number of nitrogens with zero attached hydrogens (tertiary/aromatic N) is 3. The molecule has 0 spiro atoms. The largest absolute Gasteiger partial charge is 0.330 e. The van der Waals surface area contributed by atoms with Crippen LogP contribution in [0, 0.1) is 0 Å². The van der Waals surface area contributed by atoms with E-state index in [1.54, 1.807) is 11.3 Å². The minimum Gasteiger partial charge on any atom is -0.330 e. The molecule has 3 rings (SSSR count). The van der Waals surface area contributed by atoms with Gasteiger partial charge in [-0.05, 0) is 19.4 Å². The number of fused-ring (bicyclic) bond motifs is 1. The summed E-state index contributed by atoms with van der Waals surface area (Å²) < 4.78 is 2.24. The number of hydrogen-bond acceptors (Lipinski definition) is 4. The minimum absolute atomic E-state index is 0.602. The summed E-state index contributed by atoms with van der Waals surface area (Å²) in [5, 5.41) is 10.9. The highest BCUT2D eigenvalue weighted by molar-refractivity contribution is 7.15. The molecule has 0 bridgehead atoms. The molecule has 2 aromatic rings. The van der Waals surface area contributed by atoms with Crippen molar-refractivity contribution in [2.24, 2.45) is 5.73 Å². The third-order valence-electron chi connectivity index (χ3n) is 3.62. The first-order valence-corrected chi connectivity index (χ1v) is 7.29. The summed E-state index contributed by atoms with van der Waals surface area (Å²) in [5.74, 6) is 1.77. The van der Waals surface area contributed by atoms with E-state index in [9.17, 15) is 0 Å². The van der Waals surface area contributed by atoms with Crippen LogP contribution in [0.4, 0.5) is 0 Å². The highest BCUT2D eigenvalue weighted by atomic mass is 32.1. The second-order valence-electron chi connectivity index (χ2n) is 4.78. The molecule has 2 heterocycles. The lowest BCUT2D eigenvalue weighted by Crippen LogP contribution is -2.11. The van der Waals surface area contributed by atoms with Gasteiger partial charge in [-0.3, -0.25) is 4.40 Å². The maximum Gasteiger partial charge on any atom is 0.216 e. The third kappa shape index (κ3) is 1.98. The van der Waals surface area contributed by atoms with Gasteiger partial charge in [-0.25, -0.2) is 0 Å². The van der Waals surface area contributed by atoms with Crippen molar-refractivity contribution in [1.82, 2.24) is 14.6 Å². The summed E-state index contributed by atoms with van der Waals surface area (Å²) in [6.45, 7) is 0.689. The van der Waals surface area contributed by atoms with Gasteiger partial charge in [0.05, 0.1) is 0 Å². The standard InChI is InChI=1S/C12H18N4S/c13-7-6-10-8-17-12-15-14-11(16(10)12)9-4-2-1-3-5-9/h8-9H,1-7,13H2. The monoisotopic (exact) mass is 250 g/mol.